The van der Waals surface area contributed by atoms with Gasteiger partial charge in [-0.15, -0.1) is 0 Å². The summed E-state index contributed by atoms with van der Waals surface area (Å²) in [6.45, 7) is 4.52. The molecule has 0 aromatic heterocycles. The predicted octanol–water partition coefficient (Wildman–Crippen LogP) is 14.3. The molecule has 0 fully saturated rings. The van der Waals surface area contributed by atoms with Crippen LogP contribution in [0.3, 0.4) is 0 Å². The van der Waals surface area contributed by atoms with Crippen LogP contribution in [0.1, 0.15) is 213 Å². The molecular formula is C58H99NO7. The number of carboxylic acid groups (broad SMARTS) is 1. The minimum atomic E-state index is -1.13. The number of carbonyl (C=O) groups is 3. The Morgan fingerprint density at radius 2 is 0.848 bits per heavy atom. The zero-order valence-electron chi connectivity index (χ0n) is 43.1. The minimum Gasteiger partial charge on any atom is -0.544 e. The van der Waals surface area contributed by atoms with Crippen LogP contribution in [-0.2, 0) is 28.6 Å². The highest BCUT2D eigenvalue weighted by Crippen LogP contribution is 2.14. The van der Waals surface area contributed by atoms with Crippen molar-refractivity contribution in [1.82, 2.24) is 0 Å². The first-order valence-corrected chi connectivity index (χ1v) is 26.6. The molecule has 0 spiro atoms. The molecular weight excluding hydrogens is 823 g/mol. The topological polar surface area (TPSA) is 102 Å². The summed E-state index contributed by atoms with van der Waals surface area (Å²) >= 11 is 0. The second-order valence-corrected chi connectivity index (χ2v) is 18.7. The summed E-state index contributed by atoms with van der Waals surface area (Å²) in [6.07, 6.45) is 63.3. The van der Waals surface area contributed by atoms with Crippen molar-refractivity contribution in [3.05, 3.63) is 85.1 Å². The monoisotopic (exact) mass is 922 g/mol. The van der Waals surface area contributed by atoms with Crippen molar-refractivity contribution in [2.75, 3.05) is 41.0 Å². The summed E-state index contributed by atoms with van der Waals surface area (Å²) in [4.78, 5) is 37.1. The Morgan fingerprint density at radius 3 is 1.27 bits per heavy atom. The lowest BCUT2D eigenvalue weighted by Gasteiger charge is -2.34. The molecule has 0 N–H and O–H groups in total. The van der Waals surface area contributed by atoms with Crippen molar-refractivity contribution in [3.63, 3.8) is 0 Å². The van der Waals surface area contributed by atoms with Gasteiger partial charge in [0, 0.05) is 19.3 Å². The second-order valence-electron chi connectivity index (χ2n) is 18.7. The van der Waals surface area contributed by atoms with E-state index >= 15 is 0 Å². The molecule has 0 saturated carbocycles. The molecule has 0 heterocycles. The number of allylic oxidation sites excluding steroid dienone is 14. The van der Waals surface area contributed by atoms with Gasteiger partial charge in [-0.3, -0.25) is 9.59 Å². The maximum absolute atomic E-state index is 12.8. The predicted molar refractivity (Wildman–Crippen MR) is 277 cm³/mol. The summed E-state index contributed by atoms with van der Waals surface area (Å²) in [5.74, 6) is -1.78. The zero-order chi connectivity index (χ0) is 48.4. The molecule has 0 saturated heterocycles. The number of carboxylic acids is 1. The van der Waals surface area contributed by atoms with Crippen molar-refractivity contribution in [2.45, 2.75) is 225 Å². The van der Waals surface area contributed by atoms with Gasteiger partial charge in [0.1, 0.15) is 12.6 Å². The Morgan fingerprint density at radius 1 is 0.470 bits per heavy atom. The molecule has 66 heavy (non-hydrogen) atoms. The van der Waals surface area contributed by atoms with E-state index in [1.165, 1.54) is 89.9 Å². The van der Waals surface area contributed by atoms with Crippen LogP contribution < -0.4 is 5.11 Å². The van der Waals surface area contributed by atoms with Gasteiger partial charge in [0.2, 0.25) is 0 Å². The molecule has 0 amide bonds. The molecule has 8 heteroatoms. The SMILES string of the molecule is CC/C=C/C/C=C/C/C=C/C/C=C/C/C=C/C/C=C/CCCCCCC(=O)OCC(COCCC(C(=O)[O-])[N+](C)(C)C)OC(=O)CCCCCCCCC/C=C/CCCCCCCCCC. The van der Waals surface area contributed by atoms with Gasteiger partial charge in [0.05, 0.1) is 40.3 Å². The number of quaternary nitrogens is 1. The van der Waals surface area contributed by atoms with E-state index in [0.29, 0.717) is 12.8 Å². The van der Waals surface area contributed by atoms with Crippen molar-refractivity contribution < 1.29 is 38.2 Å². The maximum atomic E-state index is 12.8. The summed E-state index contributed by atoms with van der Waals surface area (Å²) in [7, 11) is 5.40. The van der Waals surface area contributed by atoms with Crippen LogP contribution in [0.2, 0.25) is 0 Å². The van der Waals surface area contributed by atoms with Crippen LogP contribution in [0.4, 0.5) is 0 Å². The zero-order valence-corrected chi connectivity index (χ0v) is 43.1. The number of rotatable bonds is 47. The fourth-order valence-corrected chi connectivity index (χ4v) is 7.42. The largest absolute Gasteiger partial charge is 0.544 e. The highest BCUT2D eigenvalue weighted by atomic mass is 16.6. The van der Waals surface area contributed by atoms with E-state index < -0.39 is 18.1 Å². The number of unbranched alkanes of at least 4 members (excludes halogenated alkanes) is 19. The van der Waals surface area contributed by atoms with E-state index in [1.807, 2.05) is 0 Å². The van der Waals surface area contributed by atoms with Gasteiger partial charge in [-0.05, 0) is 89.9 Å². The molecule has 0 aliphatic rings. The summed E-state index contributed by atoms with van der Waals surface area (Å²) in [6, 6.07) is -0.736. The lowest BCUT2D eigenvalue weighted by Crippen LogP contribution is -2.55. The van der Waals surface area contributed by atoms with Crippen molar-refractivity contribution in [1.29, 1.82) is 0 Å². The summed E-state index contributed by atoms with van der Waals surface area (Å²) in [5, 5.41) is 11.7. The highest BCUT2D eigenvalue weighted by molar-refractivity contribution is 5.70. The quantitative estimate of drug-likeness (QED) is 0.0259. The third-order valence-electron chi connectivity index (χ3n) is 11.5. The first-order valence-electron chi connectivity index (χ1n) is 26.6. The Balaban J connectivity index is 4.31. The van der Waals surface area contributed by atoms with Crippen LogP contribution in [-0.4, -0.2) is 75.5 Å². The summed E-state index contributed by atoms with van der Waals surface area (Å²) in [5.41, 5.74) is 0. The molecule has 0 bridgehead atoms. The number of esters is 2. The van der Waals surface area contributed by atoms with Gasteiger partial charge in [-0.1, -0.05) is 189 Å². The van der Waals surface area contributed by atoms with Crippen LogP contribution in [0.15, 0.2) is 85.1 Å². The van der Waals surface area contributed by atoms with Gasteiger partial charge < -0.3 is 28.6 Å². The number of likely N-dealkylation sites (N-methyl/N-ethyl adjacent to an activating group) is 1. The smallest absolute Gasteiger partial charge is 0.306 e. The molecule has 0 rings (SSSR count). The van der Waals surface area contributed by atoms with Gasteiger partial charge in [0.15, 0.2) is 6.10 Å². The molecule has 0 aliphatic heterocycles. The molecule has 8 nitrogen and oxygen atoms in total. The minimum absolute atomic E-state index is 0.0267. The van der Waals surface area contributed by atoms with Gasteiger partial charge in [-0.25, -0.2) is 0 Å². The second kappa shape index (κ2) is 48.0. The van der Waals surface area contributed by atoms with Crippen LogP contribution >= 0.6 is 0 Å². The maximum Gasteiger partial charge on any atom is 0.306 e. The Labute approximate surface area is 405 Å². The lowest BCUT2D eigenvalue weighted by atomic mass is 10.1. The van der Waals surface area contributed by atoms with E-state index in [9.17, 15) is 19.5 Å². The van der Waals surface area contributed by atoms with Crippen LogP contribution in [0, 0.1) is 0 Å². The standard InChI is InChI=1S/C58H99NO7/c1-6-8-10-12-14-16-18-20-22-24-26-27-28-29-31-32-34-36-38-40-42-44-46-48-56(60)65-53-54(52-64-51-50-55(58(62)63)59(3,4)5)66-57(61)49-47-45-43-41-39-37-35-33-30-25-23-21-19-17-15-13-11-9-7-2/h8,10,14,16,20,22,25-27,29-31,34,36,54-55H,6-7,9,11-13,15,17-19,21,23-24,28,32-33,35,37-53H2,1-5H3/b10-8+,16-14+,22-20+,27-26+,30-25+,31-29+,36-34+. The van der Waals surface area contributed by atoms with E-state index in [4.69, 9.17) is 14.2 Å². The third-order valence-corrected chi connectivity index (χ3v) is 11.5. The number of carbonyl (C=O) groups excluding carboxylic acids is 3. The number of ether oxygens (including phenoxy) is 3. The fraction of sp³-hybridized carbons (Fsp3) is 0.707. The van der Waals surface area contributed by atoms with Crippen molar-refractivity contribution in [3.8, 4) is 0 Å². The molecule has 0 aliphatic carbocycles. The Kier molecular flexibility index (Phi) is 45.4. The lowest BCUT2D eigenvalue weighted by molar-refractivity contribution is -0.889. The molecule has 0 aromatic rings. The Bertz CT molecular complexity index is 1350. The average molecular weight is 922 g/mol. The van der Waals surface area contributed by atoms with Gasteiger partial charge in [0.25, 0.3) is 0 Å². The third kappa shape index (κ3) is 45.7. The Hall–Kier alpha value is -3.49. The number of hydrogen-bond donors (Lipinski definition) is 0. The number of aliphatic carboxylic acids is 1. The molecule has 0 radical (unpaired) electrons. The van der Waals surface area contributed by atoms with E-state index in [-0.39, 0.29) is 42.7 Å². The molecule has 2 unspecified atom stereocenters. The number of hydrogen-bond acceptors (Lipinski definition) is 7. The molecule has 2 atom stereocenters. The van der Waals surface area contributed by atoms with Crippen LogP contribution in [0.5, 0.6) is 0 Å². The highest BCUT2D eigenvalue weighted by Gasteiger charge is 2.25. The number of nitrogens with zero attached hydrogens (tertiary/aromatic N) is 1. The fourth-order valence-electron chi connectivity index (χ4n) is 7.42. The normalized spacial score (nSPS) is 13.5. The molecule has 378 valence electrons. The van der Waals surface area contributed by atoms with Crippen molar-refractivity contribution in [2.24, 2.45) is 0 Å². The van der Waals surface area contributed by atoms with Gasteiger partial charge in [-0.2, -0.15) is 0 Å². The van der Waals surface area contributed by atoms with E-state index in [1.54, 1.807) is 21.1 Å². The molecule has 0 aromatic carbocycles. The van der Waals surface area contributed by atoms with E-state index in [2.05, 4.69) is 98.9 Å². The first kappa shape index (κ1) is 62.5. The van der Waals surface area contributed by atoms with Crippen molar-refractivity contribution >= 4 is 17.9 Å². The summed E-state index contributed by atoms with van der Waals surface area (Å²) < 4.78 is 17.2. The van der Waals surface area contributed by atoms with Gasteiger partial charge >= 0.3 is 11.9 Å². The van der Waals surface area contributed by atoms with E-state index in [0.717, 1.165) is 89.9 Å². The first-order chi connectivity index (χ1) is 32.1. The average Bonchev–Trinajstić information content (AvgIpc) is 3.28. The van der Waals surface area contributed by atoms with Crippen LogP contribution in [0.25, 0.3) is 0 Å².